The van der Waals surface area contributed by atoms with Gasteiger partial charge >= 0.3 is 5.97 Å². The summed E-state index contributed by atoms with van der Waals surface area (Å²) in [6.07, 6.45) is 1.34. The molecule has 7 heteroatoms. The van der Waals surface area contributed by atoms with Crippen LogP contribution >= 0.6 is 36.8 Å². The van der Waals surface area contributed by atoms with E-state index in [9.17, 15) is 4.79 Å². The quantitative estimate of drug-likeness (QED) is 0.433. The number of nitrogens with zero attached hydrogens (tertiary/aromatic N) is 1. The molecule has 94 valence electrons. The molecule has 0 aromatic rings. The number of hydrogen-bond donors (Lipinski definition) is 1. The molecule has 0 rings (SSSR count). The number of hydrogen-bond acceptors (Lipinski definition) is 5. The number of esters is 1. The molecule has 0 aliphatic rings. The number of nitrogens with two attached hydrogens (primary N) is 1. The van der Waals surface area contributed by atoms with Crippen LogP contribution in [-0.4, -0.2) is 43.3 Å². The van der Waals surface area contributed by atoms with Crippen LogP contribution in [0.5, 0.6) is 0 Å². The van der Waals surface area contributed by atoms with E-state index >= 15 is 0 Å². The summed E-state index contributed by atoms with van der Waals surface area (Å²) in [5.74, 6) is 0.801. The average molecular weight is 279 g/mol. The average Bonchev–Trinajstić information content (AvgIpc) is 2.08. The van der Waals surface area contributed by atoms with E-state index in [1.165, 1.54) is 0 Å². The van der Waals surface area contributed by atoms with Crippen molar-refractivity contribution in [3.05, 3.63) is 0 Å². The van der Waals surface area contributed by atoms with E-state index in [1.54, 1.807) is 11.9 Å². The highest BCUT2D eigenvalue weighted by Crippen LogP contribution is 2.06. The molecule has 0 aliphatic carbocycles. The second kappa shape index (κ2) is 14.3. The zero-order valence-electron chi connectivity index (χ0n) is 9.10. The second-order valence-corrected chi connectivity index (χ2v) is 4.16. The first-order valence-corrected chi connectivity index (χ1v) is 5.27. The van der Waals surface area contributed by atoms with Crippen molar-refractivity contribution in [1.29, 1.82) is 0 Å². The van der Waals surface area contributed by atoms with Gasteiger partial charge in [0.2, 0.25) is 0 Å². The summed E-state index contributed by atoms with van der Waals surface area (Å²) in [7, 11) is 3.97. The van der Waals surface area contributed by atoms with Gasteiger partial charge in [0.15, 0.2) is 0 Å². The Kier molecular flexibility index (Phi) is 19.8. The van der Waals surface area contributed by atoms with Crippen molar-refractivity contribution in [3.63, 3.8) is 0 Å². The first-order valence-electron chi connectivity index (χ1n) is 4.32. The van der Waals surface area contributed by atoms with Crippen LogP contribution in [-0.2, 0) is 9.53 Å². The molecule has 0 radical (unpaired) electrons. The van der Waals surface area contributed by atoms with Crippen LogP contribution in [0.25, 0.3) is 0 Å². The molecule has 4 nitrogen and oxygen atoms in total. The summed E-state index contributed by atoms with van der Waals surface area (Å²) < 4.78 is 6.83. The van der Waals surface area contributed by atoms with E-state index in [1.807, 2.05) is 18.4 Å². The van der Waals surface area contributed by atoms with Crippen LogP contribution < -0.4 is 5.73 Å². The van der Waals surface area contributed by atoms with Gasteiger partial charge in [-0.1, -0.05) is 11.9 Å². The molecule has 0 fully saturated rings. The van der Waals surface area contributed by atoms with Crippen molar-refractivity contribution in [2.45, 2.75) is 12.8 Å². The Morgan fingerprint density at radius 1 is 1.40 bits per heavy atom. The number of carbonyl (C=O) groups is 1. The fraction of sp³-hybridized carbons (Fsp3) is 0.875. The maximum absolute atomic E-state index is 10.9. The fourth-order valence-electron chi connectivity index (χ4n) is 0.709. The molecule has 2 N–H and O–H groups in total. The fourth-order valence-corrected chi connectivity index (χ4v) is 1.35. The molecule has 0 bridgehead atoms. The topological polar surface area (TPSA) is 55.6 Å². The second-order valence-electron chi connectivity index (χ2n) is 2.76. The number of rotatable bonds is 7. The van der Waals surface area contributed by atoms with Gasteiger partial charge in [-0.05, 0) is 20.5 Å². The third-order valence-corrected chi connectivity index (χ3v) is 2.24. The van der Waals surface area contributed by atoms with Gasteiger partial charge in [-0.15, -0.1) is 24.8 Å². The minimum atomic E-state index is -0.148. The Bertz CT molecular complexity index is 151. The van der Waals surface area contributed by atoms with Crippen molar-refractivity contribution < 1.29 is 9.53 Å². The third kappa shape index (κ3) is 17.0. The van der Waals surface area contributed by atoms with Crippen molar-refractivity contribution in [3.8, 4) is 0 Å². The van der Waals surface area contributed by atoms with Gasteiger partial charge < -0.3 is 10.5 Å². The predicted octanol–water partition coefficient (Wildman–Crippen LogP) is 1.32. The summed E-state index contributed by atoms with van der Waals surface area (Å²) >= 11 is 1.70. The Morgan fingerprint density at radius 2 is 2.00 bits per heavy atom. The largest absolute Gasteiger partial charge is 0.464 e. The predicted molar refractivity (Wildman–Crippen MR) is 69.9 cm³/mol. The molecule has 0 atom stereocenters. The molecule has 0 unspecified atom stereocenters. The molecule has 0 aromatic carbocycles. The maximum atomic E-state index is 10.9. The highest BCUT2D eigenvalue weighted by atomic mass is 35.5. The lowest BCUT2D eigenvalue weighted by Gasteiger charge is -2.07. The van der Waals surface area contributed by atoms with E-state index in [0.717, 1.165) is 12.2 Å². The highest BCUT2D eigenvalue weighted by Gasteiger charge is 2.01. The molecule has 0 saturated heterocycles. The zero-order valence-corrected chi connectivity index (χ0v) is 11.6. The standard InChI is InChI=1S/C8H18N2O2S.2ClH/c1-10(2)13-7-3-4-8(11)12-6-5-9;;/h3-7,9H2,1-2H3;2*1H. The van der Waals surface area contributed by atoms with Gasteiger partial charge in [0.05, 0.1) is 0 Å². The van der Waals surface area contributed by atoms with Crippen LogP contribution in [0.1, 0.15) is 12.8 Å². The van der Waals surface area contributed by atoms with Crippen LogP contribution in [0, 0.1) is 0 Å². The van der Waals surface area contributed by atoms with Crippen LogP contribution in [0.4, 0.5) is 0 Å². The van der Waals surface area contributed by atoms with Crippen LogP contribution in [0.2, 0.25) is 0 Å². The van der Waals surface area contributed by atoms with Gasteiger partial charge in [-0.2, -0.15) is 0 Å². The van der Waals surface area contributed by atoms with Crippen molar-refractivity contribution in [1.82, 2.24) is 4.31 Å². The van der Waals surface area contributed by atoms with Gasteiger partial charge in [0.1, 0.15) is 6.61 Å². The van der Waals surface area contributed by atoms with Crippen LogP contribution in [0.3, 0.4) is 0 Å². The smallest absolute Gasteiger partial charge is 0.305 e. The molecule has 0 heterocycles. The van der Waals surface area contributed by atoms with Gasteiger partial charge in [0, 0.05) is 18.7 Å². The van der Waals surface area contributed by atoms with Gasteiger partial charge in [0.25, 0.3) is 0 Å². The molecular weight excluding hydrogens is 259 g/mol. The lowest BCUT2D eigenvalue weighted by Crippen LogP contribution is -2.13. The van der Waals surface area contributed by atoms with E-state index in [2.05, 4.69) is 0 Å². The summed E-state index contributed by atoms with van der Waals surface area (Å²) in [6, 6.07) is 0. The number of ether oxygens (including phenoxy) is 1. The van der Waals surface area contributed by atoms with E-state index in [4.69, 9.17) is 10.5 Å². The van der Waals surface area contributed by atoms with Gasteiger partial charge in [-0.25, -0.2) is 0 Å². The number of halogens is 2. The Balaban J connectivity index is -0.000000720. The molecule has 15 heavy (non-hydrogen) atoms. The highest BCUT2D eigenvalue weighted by molar-refractivity contribution is 7.96. The van der Waals surface area contributed by atoms with Crippen molar-refractivity contribution in [2.24, 2.45) is 5.73 Å². The third-order valence-electron chi connectivity index (χ3n) is 1.26. The summed E-state index contributed by atoms with van der Waals surface area (Å²) in [5.41, 5.74) is 5.18. The van der Waals surface area contributed by atoms with Gasteiger partial charge in [-0.3, -0.25) is 9.10 Å². The van der Waals surface area contributed by atoms with E-state index in [0.29, 0.717) is 19.6 Å². The van der Waals surface area contributed by atoms with Crippen LogP contribution in [0.15, 0.2) is 0 Å². The normalized spacial score (nSPS) is 9.07. The lowest BCUT2D eigenvalue weighted by atomic mass is 10.3. The van der Waals surface area contributed by atoms with Crippen molar-refractivity contribution >= 4 is 42.7 Å². The Morgan fingerprint density at radius 3 is 2.47 bits per heavy atom. The Labute approximate surface area is 108 Å². The first kappa shape index (κ1) is 20.7. The van der Waals surface area contributed by atoms with Crippen molar-refractivity contribution in [2.75, 3.05) is 33.0 Å². The molecule has 0 saturated carbocycles. The lowest BCUT2D eigenvalue weighted by molar-refractivity contribution is -0.143. The maximum Gasteiger partial charge on any atom is 0.305 e. The monoisotopic (exact) mass is 278 g/mol. The van der Waals surface area contributed by atoms with E-state index in [-0.39, 0.29) is 30.8 Å². The Hall–Kier alpha value is 0.320. The zero-order chi connectivity index (χ0) is 10.1. The summed E-state index contributed by atoms with van der Waals surface area (Å²) in [4.78, 5) is 10.9. The molecule has 0 amide bonds. The first-order chi connectivity index (χ1) is 6.16. The summed E-state index contributed by atoms with van der Waals surface area (Å²) in [6.45, 7) is 0.734. The van der Waals surface area contributed by atoms with E-state index < -0.39 is 0 Å². The SMILES string of the molecule is CN(C)SCCCC(=O)OCCN.Cl.Cl. The molecule has 0 spiro atoms. The number of carbonyl (C=O) groups excluding carboxylic acids is 1. The minimum Gasteiger partial charge on any atom is -0.464 e. The molecule has 0 aliphatic heterocycles. The summed E-state index contributed by atoms with van der Waals surface area (Å²) in [5, 5.41) is 0. The molecular formula is C8H20Cl2N2O2S. The molecule has 0 aromatic heterocycles. The minimum absolute atomic E-state index is 0.